The Labute approximate surface area is 133 Å². The Kier molecular flexibility index (Phi) is 7.23. The van der Waals surface area contributed by atoms with Gasteiger partial charge in [-0.2, -0.15) is 0 Å². The Balaban J connectivity index is 2.84. The molecule has 0 aliphatic heterocycles. The molecule has 0 radical (unpaired) electrons. The van der Waals surface area contributed by atoms with E-state index in [1.54, 1.807) is 30.2 Å². The molecule has 1 rings (SSSR count). The van der Waals surface area contributed by atoms with E-state index in [0.29, 0.717) is 46.7 Å². The topological polar surface area (TPSA) is 55.6 Å². The Morgan fingerprint density at radius 1 is 1.35 bits per heavy atom. The molecule has 0 saturated carbocycles. The summed E-state index contributed by atoms with van der Waals surface area (Å²) in [6, 6.07) is 4.78. The molecule has 0 bridgehead atoms. The van der Waals surface area contributed by atoms with E-state index in [2.05, 4.69) is 0 Å². The maximum atomic E-state index is 12.4. The summed E-state index contributed by atoms with van der Waals surface area (Å²) in [6.07, 6.45) is 0.464. The van der Waals surface area contributed by atoms with Crippen LogP contribution in [0.15, 0.2) is 18.2 Å². The van der Waals surface area contributed by atoms with Gasteiger partial charge < -0.3 is 15.4 Å². The molecule has 0 aliphatic rings. The number of methoxy groups -OCH3 is 1. The zero-order chi connectivity index (χ0) is 15.1. The van der Waals surface area contributed by atoms with Gasteiger partial charge in [-0.1, -0.05) is 35.4 Å². The Morgan fingerprint density at radius 2 is 2.05 bits per heavy atom. The minimum atomic E-state index is -0.156. The lowest BCUT2D eigenvalue weighted by molar-refractivity contribution is 0.0701. The SMILES string of the molecule is COCCN(CCC(N)=S)C(=O)c1ccc(Cl)c(Cl)c1. The van der Waals surface area contributed by atoms with Crippen LogP contribution in [0.4, 0.5) is 0 Å². The van der Waals surface area contributed by atoms with E-state index in [1.807, 2.05) is 0 Å². The number of carbonyl (C=O) groups excluding carboxylic acids is 1. The van der Waals surface area contributed by atoms with Crippen LogP contribution in [0.1, 0.15) is 16.8 Å². The summed E-state index contributed by atoms with van der Waals surface area (Å²) in [5.41, 5.74) is 5.95. The molecule has 7 heteroatoms. The normalized spacial score (nSPS) is 10.3. The van der Waals surface area contributed by atoms with E-state index in [4.69, 9.17) is 45.9 Å². The van der Waals surface area contributed by atoms with Gasteiger partial charge in [0.2, 0.25) is 0 Å². The van der Waals surface area contributed by atoms with Gasteiger partial charge in [0.05, 0.1) is 21.6 Å². The second-order valence-corrected chi connectivity index (χ2v) is 5.47. The lowest BCUT2D eigenvalue weighted by Gasteiger charge is -2.22. The first-order chi connectivity index (χ1) is 9.45. The number of hydrogen-bond acceptors (Lipinski definition) is 3. The summed E-state index contributed by atoms with van der Waals surface area (Å²) < 4.78 is 5.00. The fourth-order valence-electron chi connectivity index (χ4n) is 1.57. The van der Waals surface area contributed by atoms with E-state index in [-0.39, 0.29) is 5.91 Å². The number of rotatable bonds is 7. The van der Waals surface area contributed by atoms with Gasteiger partial charge >= 0.3 is 0 Å². The monoisotopic (exact) mass is 334 g/mol. The van der Waals surface area contributed by atoms with Gasteiger partial charge in [-0.15, -0.1) is 0 Å². The molecule has 0 saturated heterocycles. The molecule has 0 fully saturated rings. The third-order valence-corrected chi connectivity index (χ3v) is 3.59. The minimum Gasteiger partial charge on any atom is -0.393 e. The van der Waals surface area contributed by atoms with Crippen LogP contribution in [-0.2, 0) is 4.74 Å². The van der Waals surface area contributed by atoms with Crippen LogP contribution in [0.5, 0.6) is 0 Å². The lowest BCUT2D eigenvalue weighted by atomic mass is 10.2. The van der Waals surface area contributed by atoms with Crippen molar-refractivity contribution >= 4 is 46.3 Å². The number of benzene rings is 1. The predicted octanol–water partition coefficient (Wildman–Crippen LogP) is 2.76. The number of ether oxygens (including phenoxy) is 1. The van der Waals surface area contributed by atoms with Crippen LogP contribution in [0.2, 0.25) is 10.0 Å². The lowest BCUT2D eigenvalue weighted by Crippen LogP contribution is -2.36. The van der Waals surface area contributed by atoms with Gasteiger partial charge in [-0.05, 0) is 18.2 Å². The fourth-order valence-corrected chi connectivity index (χ4v) is 1.96. The van der Waals surface area contributed by atoms with Gasteiger partial charge in [0.25, 0.3) is 5.91 Å². The standard InChI is InChI=1S/C13H16Cl2N2O2S/c1-19-7-6-17(5-4-12(16)20)13(18)9-2-3-10(14)11(15)8-9/h2-3,8H,4-7H2,1H3,(H2,16,20). The quantitative estimate of drug-likeness (QED) is 0.779. The highest BCUT2D eigenvalue weighted by atomic mass is 35.5. The minimum absolute atomic E-state index is 0.156. The number of thiocarbonyl (C=S) groups is 1. The molecule has 0 atom stereocenters. The smallest absolute Gasteiger partial charge is 0.253 e. The van der Waals surface area contributed by atoms with Crippen molar-refractivity contribution in [3.8, 4) is 0 Å². The van der Waals surface area contributed by atoms with E-state index < -0.39 is 0 Å². The van der Waals surface area contributed by atoms with E-state index in [0.717, 1.165) is 0 Å². The number of carbonyl (C=O) groups is 1. The fraction of sp³-hybridized carbons (Fsp3) is 0.385. The molecule has 0 aliphatic carbocycles. The summed E-state index contributed by atoms with van der Waals surface area (Å²) in [7, 11) is 1.58. The first-order valence-electron chi connectivity index (χ1n) is 5.97. The highest BCUT2D eigenvalue weighted by Gasteiger charge is 2.16. The maximum Gasteiger partial charge on any atom is 0.253 e. The van der Waals surface area contributed by atoms with Crippen molar-refractivity contribution in [2.75, 3.05) is 26.8 Å². The van der Waals surface area contributed by atoms with Crippen molar-refractivity contribution in [2.45, 2.75) is 6.42 Å². The molecule has 4 nitrogen and oxygen atoms in total. The molecular formula is C13H16Cl2N2O2S. The second kappa shape index (κ2) is 8.42. The Morgan fingerprint density at radius 3 is 2.60 bits per heavy atom. The number of hydrogen-bond donors (Lipinski definition) is 1. The number of nitrogens with zero attached hydrogens (tertiary/aromatic N) is 1. The van der Waals surface area contributed by atoms with Gasteiger partial charge in [0, 0.05) is 32.2 Å². The summed E-state index contributed by atoms with van der Waals surface area (Å²) in [6.45, 7) is 1.33. The summed E-state index contributed by atoms with van der Waals surface area (Å²) >= 11 is 16.6. The Bertz CT molecular complexity index is 497. The molecule has 2 N–H and O–H groups in total. The third kappa shape index (κ3) is 5.25. The first-order valence-corrected chi connectivity index (χ1v) is 7.13. The first kappa shape index (κ1) is 17.2. The van der Waals surface area contributed by atoms with E-state index in [1.165, 1.54) is 0 Å². The molecule has 0 spiro atoms. The molecule has 0 unspecified atom stereocenters. The summed E-state index contributed by atoms with van der Waals surface area (Å²) in [4.78, 5) is 14.4. The summed E-state index contributed by atoms with van der Waals surface area (Å²) in [5, 5.41) is 0.758. The Hall–Kier alpha value is -0.880. The molecule has 20 heavy (non-hydrogen) atoms. The van der Waals surface area contributed by atoms with Gasteiger partial charge in [0.1, 0.15) is 0 Å². The molecule has 1 aromatic carbocycles. The van der Waals surface area contributed by atoms with Crippen LogP contribution < -0.4 is 5.73 Å². The van der Waals surface area contributed by atoms with Crippen molar-refractivity contribution in [2.24, 2.45) is 5.73 Å². The molecule has 0 aromatic heterocycles. The number of amides is 1. The number of halogens is 2. The molecular weight excluding hydrogens is 319 g/mol. The van der Waals surface area contributed by atoms with Crippen molar-refractivity contribution in [3.63, 3.8) is 0 Å². The zero-order valence-electron chi connectivity index (χ0n) is 11.1. The number of nitrogens with two attached hydrogens (primary N) is 1. The molecule has 1 amide bonds. The van der Waals surface area contributed by atoms with E-state index in [9.17, 15) is 4.79 Å². The third-order valence-electron chi connectivity index (χ3n) is 2.65. The molecule has 110 valence electrons. The van der Waals surface area contributed by atoms with Crippen molar-refractivity contribution in [1.29, 1.82) is 0 Å². The van der Waals surface area contributed by atoms with Gasteiger partial charge in [0.15, 0.2) is 0 Å². The molecule has 0 heterocycles. The van der Waals surface area contributed by atoms with Crippen LogP contribution in [-0.4, -0.2) is 42.6 Å². The van der Waals surface area contributed by atoms with Crippen LogP contribution in [0.3, 0.4) is 0 Å². The van der Waals surface area contributed by atoms with Crippen molar-refractivity contribution in [1.82, 2.24) is 4.90 Å². The van der Waals surface area contributed by atoms with Crippen LogP contribution in [0.25, 0.3) is 0 Å². The van der Waals surface area contributed by atoms with Crippen LogP contribution >= 0.6 is 35.4 Å². The van der Waals surface area contributed by atoms with Crippen molar-refractivity contribution < 1.29 is 9.53 Å². The largest absolute Gasteiger partial charge is 0.393 e. The second-order valence-electron chi connectivity index (χ2n) is 4.13. The zero-order valence-corrected chi connectivity index (χ0v) is 13.4. The van der Waals surface area contributed by atoms with Gasteiger partial charge in [-0.25, -0.2) is 0 Å². The van der Waals surface area contributed by atoms with Crippen LogP contribution in [0, 0.1) is 0 Å². The van der Waals surface area contributed by atoms with Gasteiger partial charge in [-0.3, -0.25) is 4.79 Å². The van der Waals surface area contributed by atoms with Crippen molar-refractivity contribution in [3.05, 3.63) is 33.8 Å². The van der Waals surface area contributed by atoms with E-state index >= 15 is 0 Å². The maximum absolute atomic E-state index is 12.4. The highest BCUT2D eigenvalue weighted by molar-refractivity contribution is 7.80. The molecule has 1 aromatic rings. The average molecular weight is 335 g/mol. The summed E-state index contributed by atoms with van der Waals surface area (Å²) in [5.74, 6) is -0.156. The average Bonchev–Trinajstić information content (AvgIpc) is 2.41. The predicted molar refractivity (Wildman–Crippen MR) is 85.6 cm³/mol. The highest BCUT2D eigenvalue weighted by Crippen LogP contribution is 2.23.